The van der Waals surface area contributed by atoms with E-state index >= 15 is 0 Å². The van der Waals surface area contributed by atoms with Crippen molar-refractivity contribution in [1.82, 2.24) is 4.90 Å². The molecule has 6 rings (SSSR count). The zero-order chi connectivity index (χ0) is 18.2. The zero-order valence-electron chi connectivity index (χ0n) is 16.1. The van der Waals surface area contributed by atoms with Gasteiger partial charge < -0.3 is 15.3 Å². The summed E-state index contributed by atoms with van der Waals surface area (Å²) in [5.74, 6) is 1.26. The number of nitrogens with zero attached hydrogens (tertiary/aromatic N) is 1. The van der Waals surface area contributed by atoms with Crippen LogP contribution in [0.2, 0.25) is 0 Å². The quantitative estimate of drug-likeness (QED) is 0.625. The molecule has 11 atom stereocenters. The first-order valence-corrected chi connectivity index (χ1v) is 10.8. The predicted molar refractivity (Wildman–Crippen MR) is 98.2 cm³/mol. The van der Waals surface area contributed by atoms with Gasteiger partial charge in [-0.2, -0.15) is 0 Å². The van der Waals surface area contributed by atoms with Gasteiger partial charge in [-0.3, -0.25) is 4.90 Å². The van der Waals surface area contributed by atoms with Crippen LogP contribution in [0, 0.1) is 39.9 Å². The van der Waals surface area contributed by atoms with Crippen molar-refractivity contribution in [3.8, 4) is 0 Å². The average molecular weight is 360 g/mol. The van der Waals surface area contributed by atoms with Gasteiger partial charge >= 0.3 is 0 Å². The first-order chi connectivity index (χ1) is 12.3. The van der Waals surface area contributed by atoms with Crippen LogP contribution in [0.4, 0.5) is 0 Å². The summed E-state index contributed by atoms with van der Waals surface area (Å²) in [6, 6.07) is 0.373. The van der Waals surface area contributed by atoms with E-state index in [1.807, 2.05) is 0 Å². The highest BCUT2D eigenvalue weighted by molar-refractivity contribution is 5.39. The summed E-state index contributed by atoms with van der Waals surface area (Å²) in [7, 11) is 0. The Morgan fingerprint density at radius 1 is 1.19 bits per heavy atom. The highest BCUT2D eigenvalue weighted by atomic mass is 16.3. The zero-order valence-corrected chi connectivity index (χ0v) is 16.1. The van der Waals surface area contributed by atoms with Gasteiger partial charge in [-0.25, -0.2) is 0 Å². The second kappa shape index (κ2) is 4.59. The van der Waals surface area contributed by atoms with Gasteiger partial charge in [0.05, 0.1) is 18.3 Å². The minimum atomic E-state index is -0.500. The van der Waals surface area contributed by atoms with Crippen molar-refractivity contribution in [2.75, 3.05) is 13.1 Å². The van der Waals surface area contributed by atoms with Crippen LogP contribution < -0.4 is 0 Å². The minimum absolute atomic E-state index is 0.0547. The van der Waals surface area contributed by atoms with E-state index in [1.54, 1.807) is 0 Å². The molecule has 26 heavy (non-hydrogen) atoms. The molecular weight excluding hydrogens is 326 g/mol. The largest absolute Gasteiger partial charge is 0.392 e. The fourth-order valence-corrected chi connectivity index (χ4v) is 9.97. The molecule has 1 heterocycles. The van der Waals surface area contributed by atoms with Crippen LogP contribution in [0.15, 0.2) is 12.2 Å². The number of fused-ring (bicyclic) bond motifs is 1. The molecule has 4 nitrogen and oxygen atoms in total. The van der Waals surface area contributed by atoms with E-state index in [-0.39, 0.29) is 34.2 Å². The SMILES string of the molecule is C=C1C2C[C@@]3(C4C[C@@H]5[C@@]6(C)CC[C@H](O)[C@]5([C@@H]3C[C@@H]2O)[C@@H]4N(CC)C6)[C@@H]1O. The molecule has 6 fully saturated rings. The molecule has 2 spiro atoms. The summed E-state index contributed by atoms with van der Waals surface area (Å²) in [5, 5.41) is 33.8. The number of piperidine rings is 1. The Kier molecular flexibility index (Phi) is 2.92. The first-order valence-electron chi connectivity index (χ1n) is 10.8. The summed E-state index contributed by atoms with van der Waals surface area (Å²) in [4.78, 5) is 2.65. The van der Waals surface area contributed by atoms with E-state index in [0.29, 0.717) is 17.9 Å². The van der Waals surface area contributed by atoms with Crippen molar-refractivity contribution in [2.24, 2.45) is 39.9 Å². The van der Waals surface area contributed by atoms with Crippen LogP contribution in [0.1, 0.15) is 46.0 Å². The monoisotopic (exact) mass is 359 g/mol. The summed E-state index contributed by atoms with van der Waals surface area (Å²) in [6.07, 6.45) is 3.58. The second-order valence-corrected chi connectivity index (χ2v) is 10.9. The number of hydrogen-bond donors (Lipinski definition) is 3. The third-order valence-corrected chi connectivity index (χ3v) is 10.6. The Balaban J connectivity index is 1.61. The van der Waals surface area contributed by atoms with Crippen LogP contribution >= 0.6 is 0 Å². The van der Waals surface area contributed by atoms with Gasteiger partial charge in [0.1, 0.15) is 0 Å². The van der Waals surface area contributed by atoms with Crippen molar-refractivity contribution in [1.29, 1.82) is 0 Å². The van der Waals surface area contributed by atoms with Gasteiger partial charge in [-0.1, -0.05) is 20.4 Å². The maximum Gasteiger partial charge on any atom is 0.0813 e. The molecule has 2 unspecified atom stereocenters. The maximum atomic E-state index is 11.5. The molecule has 0 amide bonds. The lowest BCUT2D eigenvalue weighted by Crippen LogP contribution is -2.68. The first kappa shape index (κ1) is 16.5. The van der Waals surface area contributed by atoms with Gasteiger partial charge in [0.25, 0.3) is 0 Å². The van der Waals surface area contributed by atoms with Crippen molar-refractivity contribution in [3.05, 3.63) is 12.2 Å². The third kappa shape index (κ3) is 1.37. The summed E-state index contributed by atoms with van der Waals surface area (Å²) < 4.78 is 0. The molecule has 0 aromatic heterocycles. The van der Waals surface area contributed by atoms with Crippen LogP contribution in [0.5, 0.6) is 0 Å². The molecule has 0 aromatic rings. The van der Waals surface area contributed by atoms with E-state index in [1.165, 1.54) is 0 Å². The molecule has 144 valence electrons. The maximum absolute atomic E-state index is 11.5. The fourth-order valence-electron chi connectivity index (χ4n) is 9.97. The van der Waals surface area contributed by atoms with E-state index in [2.05, 4.69) is 25.3 Å². The lowest BCUT2D eigenvalue weighted by atomic mass is 9.43. The second-order valence-electron chi connectivity index (χ2n) is 10.9. The van der Waals surface area contributed by atoms with E-state index in [9.17, 15) is 15.3 Å². The molecule has 3 N–H and O–H groups in total. The number of likely N-dealkylation sites (tertiary alicyclic amines) is 1. The van der Waals surface area contributed by atoms with Crippen molar-refractivity contribution in [2.45, 2.75) is 70.3 Å². The summed E-state index contributed by atoms with van der Waals surface area (Å²) in [5.41, 5.74) is 0.849. The fraction of sp³-hybridized carbons (Fsp3) is 0.909. The third-order valence-electron chi connectivity index (χ3n) is 10.6. The van der Waals surface area contributed by atoms with E-state index in [4.69, 9.17) is 0 Å². The summed E-state index contributed by atoms with van der Waals surface area (Å²) >= 11 is 0. The topological polar surface area (TPSA) is 63.9 Å². The van der Waals surface area contributed by atoms with Crippen LogP contribution in [-0.4, -0.2) is 57.7 Å². The highest BCUT2D eigenvalue weighted by Gasteiger charge is 2.85. The Morgan fingerprint density at radius 3 is 2.69 bits per heavy atom. The Labute approximate surface area is 156 Å². The van der Waals surface area contributed by atoms with Crippen molar-refractivity contribution in [3.63, 3.8) is 0 Å². The molecule has 6 aliphatic rings. The van der Waals surface area contributed by atoms with Crippen molar-refractivity contribution < 1.29 is 15.3 Å². The summed E-state index contributed by atoms with van der Waals surface area (Å²) in [6.45, 7) is 11.1. The van der Waals surface area contributed by atoms with Gasteiger partial charge in [-0.15, -0.1) is 0 Å². The number of aliphatic hydroxyl groups excluding tert-OH is 3. The molecule has 0 radical (unpaired) electrons. The molecule has 0 aromatic carbocycles. The van der Waals surface area contributed by atoms with Crippen molar-refractivity contribution >= 4 is 0 Å². The smallest absolute Gasteiger partial charge is 0.0813 e. The number of rotatable bonds is 1. The van der Waals surface area contributed by atoms with E-state index < -0.39 is 12.2 Å². The minimum Gasteiger partial charge on any atom is -0.392 e. The number of aliphatic hydroxyl groups is 3. The van der Waals surface area contributed by atoms with Gasteiger partial charge in [0, 0.05) is 29.3 Å². The molecule has 1 saturated heterocycles. The Morgan fingerprint density at radius 2 is 1.96 bits per heavy atom. The number of hydrogen-bond acceptors (Lipinski definition) is 4. The molecule has 5 saturated carbocycles. The molecule has 4 heteroatoms. The normalized spacial score (nSPS) is 65.5. The Hall–Kier alpha value is -0.420. The van der Waals surface area contributed by atoms with Gasteiger partial charge in [0.2, 0.25) is 0 Å². The molecule has 1 aliphatic heterocycles. The highest BCUT2D eigenvalue weighted by Crippen LogP contribution is 2.83. The van der Waals surface area contributed by atoms with Crippen LogP contribution in [0.25, 0.3) is 0 Å². The molecule has 7 bridgehead atoms. The average Bonchev–Trinajstić information content (AvgIpc) is 3.14. The standard InChI is InChI=1S/C22H33NO3/c1-4-23-10-20(3)6-5-17(25)22-15(20)7-13(18(22)23)21-9-12(11(2)19(21)26)14(24)8-16(21)22/h12-19,24-26H,2,4-10H2,1,3H3/t12?,13?,14-,15+,16+,17-,18+,19+,20-,21-,22-/m0/s1. The van der Waals surface area contributed by atoms with Crippen LogP contribution in [-0.2, 0) is 0 Å². The lowest BCUT2D eigenvalue weighted by molar-refractivity contribution is -0.218. The van der Waals surface area contributed by atoms with Crippen LogP contribution in [0.3, 0.4) is 0 Å². The molecule has 5 aliphatic carbocycles. The predicted octanol–water partition coefficient (Wildman–Crippen LogP) is 1.79. The van der Waals surface area contributed by atoms with Gasteiger partial charge in [-0.05, 0) is 67.4 Å². The Bertz CT molecular complexity index is 695. The van der Waals surface area contributed by atoms with Gasteiger partial charge in [0.15, 0.2) is 0 Å². The van der Waals surface area contributed by atoms with E-state index in [0.717, 1.165) is 50.8 Å². The molecular formula is C22H33NO3. The lowest BCUT2D eigenvalue weighted by Gasteiger charge is -2.65.